The molecule has 5 heteroatoms. The lowest BCUT2D eigenvalue weighted by molar-refractivity contribution is -0.140. The molecule has 1 aliphatic carbocycles. The fraction of sp³-hybridized carbons (Fsp3) is 0.917. The highest BCUT2D eigenvalue weighted by Gasteiger charge is 2.30. The molecule has 2 N–H and O–H groups in total. The van der Waals surface area contributed by atoms with Crippen LogP contribution in [0, 0.1) is 0 Å². The van der Waals surface area contributed by atoms with E-state index in [0.717, 1.165) is 38.8 Å². The zero-order valence-corrected chi connectivity index (χ0v) is 10.4. The predicted octanol–water partition coefficient (Wildman–Crippen LogP) is 0.302. The van der Waals surface area contributed by atoms with Crippen molar-refractivity contribution in [2.75, 3.05) is 26.7 Å². The summed E-state index contributed by atoms with van der Waals surface area (Å²) in [7, 11) is 1.75. The summed E-state index contributed by atoms with van der Waals surface area (Å²) in [5.41, 5.74) is 0. The molecule has 1 aliphatic heterocycles. The second-order valence-electron chi connectivity index (χ2n) is 5.07. The molecule has 1 heterocycles. The van der Waals surface area contributed by atoms with Crippen molar-refractivity contribution in [2.45, 2.75) is 43.9 Å². The van der Waals surface area contributed by atoms with Gasteiger partial charge < -0.3 is 20.1 Å². The van der Waals surface area contributed by atoms with Crippen molar-refractivity contribution in [1.82, 2.24) is 10.2 Å². The number of aliphatic carboxylic acids is 1. The number of methoxy groups -OCH3 is 1. The van der Waals surface area contributed by atoms with Crippen molar-refractivity contribution in [2.24, 2.45) is 0 Å². The van der Waals surface area contributed by atoms with Gasteiger partial charge in [0.1, 0.15) is 6.04 Å². The summed E-state index contributed by atoms with van der Waals surface area (Å²) >= 11 is 0. The summed E-state index contributed by atoms with van der Waals surface area (Å²) in [5, 5.41) is 12.4. The third-order valence-corrected chi connectivity index (χ3v) is 3.62. The van der Waals surface area contributed by atoms with Crippen LogP contribution in [0.25, 0.3) is 0 Å². The monoisotopic (exact) mass is 242 g/mol. The molecule has 0 bridgehead atoms. The number of carboxylic acid groups (broad SMARTS) is 1. The molecule has 5 nitrogen and oxygen atoms in total. The molecule has 98 valence electrons. The van der Waals surface area contributed by atoms with Gasteiger partial charge in [-0.1, -0.05) is 0 Å². The van der Waals surface area contributed by atoms with Gasteiger partial charge in [-0.3, -0.25) is 4.79 Å². The highest BCUT2D eigenvalue weighted by atomic mass is 16.5. The Kier molecular flexibility index (Phi) is 4.36. The van der Waals surface area contributed by atoms with E-state index in [9.17, 15) is 4.79 Å². The molecule has 2 rings (SSSR count). The number of carbonyl (C=O) groups is 1. The number of ether oxygens (including phenoxy) is 1. The largest absolute Gasteiger partial charge is 0.480 e. The van der Waals surface area contributed by atoms with Crippen LogP contribution < -0.4 is 5.32 Å². The molecule has 1 atom stereocenters. The number of rotatable bonds is 6. The SMILES string of the molecule is COC1CCN(CC(NC2CC2)C(=O)O)CC1. The number of nitrogens with one attached hydrogen (secondary N) is 1. The molecule has 1 saturated heterocycles. The molecule has 2 fully saturated rings. The first kappa shape index (κ1) is 12.8. The number of carboxylic acids is 1. The van der Waals surface area contributed by atoms with Crippen LogP contribution in [-0.4, -0.2) is 60.9 Å². The van der Waals surface area contributed by atoms with Gasteiger partial charge in [-0.2, -0.15) is 0 Å². The first-order valence-corrected chi connectivity index (χ1v) is 6.43. The molecule has 0 amide bonds. The van der Waals surface area contributed by atoms with Crippen LogP contribution in [0.3, 0.4) is 0 Å². The van der Waals surface area contributed by atoms with E-state index < -0.39 is 12.0 Å². The molecule has 0 spiro atoms. The molecule has 2 aliphatic rings. The number of hydrogen-bond donors (Lipinski definition) is 2. The first-order chi connectivity index (χ1) is 8.19. The van der Waals surface area contributed by atoms with Crippen LogP contribution in [0.5, 0.6) is 0 Å². The maximum Gasteiger partial charge on any atom is 0.322 e. The summed E-state index contributed by atoms with van der Waals surface area (Å²) in [6.07, 6.45) is 4.61. The van der Waals surface area contributed by atoms with E-state index in [2.05, 4.69) is 10.2 Å². The van der Waals surface area contributed by atoms with E-state index in [1.165, 1.54) is 0 Å². The Morgan fingerprint density at radius 2 is 2.06 bits per heavy atom. The second-order valence-corrected chi connectivity index (χ2v) is 5.07. The third kappa shape index (κ3) is 3.94. The number of nitrogens with zero attached hydrogens (tertiary/aromatic N) is 1. The Morgan fingerprint density at radius 1 is 1.41 bits per heavy atom. The lowest BCUT2D eigenvalue weighted by Crippen LogP contribution is -2.49. The highest BCUT2D eigenvalue weighted by Crippen LogP contribution is 2.20. The van der Waals surface area contributed by atoms with Gasteiger partial charge >= 0.3 is 5.97 Å². The van der Waals surface area contributed by atoms with Crippen LogP contribution in [0.4, 0.5) is 0 Å². The summed E-state index contributed by atoms with van der Waals surface area (Å²) in [6, 6.07) is 0.0224. The Bertz CT molecular complexity index is 260. The van der Waals surface area contributed by atoms with E-state index in [4.69, 9.17) is 9.84 Å². The smallest absolute Gasteiger partial charge is 0.322 e. The van der Waals surface area contributed by atoms with Crippen molar-refractivity contribution in [3.8, 4) is 0 Å². The van der Waals surface area contributed by atoms with Crippen LogP contribution in [-0.2, 0) is 9.53 Å². The average Bonchev–Trinajstić information content (AvgIpc) is 3.13. The second kappa shape index (κ2) is 5.80. The molecule has 1 saturated carbocycles. The van der Waals surface area contributed by atoms with E-state index in [-0.39, 0.29) is 0 Å². The van der Waals surface area contributed by atoms with Gasteiger partial charge in [-0.25, -0.2) is 0 Å². The van der Waals surface area contributed by atoms with E-state index in [1.54, 1.807) is 7.11 Å². The molecule has 0 aromatic heterocycles. The molecular weight excluding hydrogens is 220 g/mol. The lowest BCUT2D eigenvalue weighted by atomic mass is 10.1. The van der Waals surface area contributed by atoms with Crippen LogP contribution in [0.15, 0.2) is 0 Å². The third-order valence-electron chi connectivity index (χ3n) is 3.62. The van der Waals surface area contributed by atoms with Gasteiger partial charge in [0.2, 0.25) is 0 Å². The van der Waals surface area contributed by atoms with Crippen molar-refractivity contribution in [1.29, 1.82) is 0 Å². The number of likely N-dealkylation sites (tertiary alicyclic amines) is 1. The number of hydrogen-bond acceptors (Lipinski definition) is 4. The molecule has 0 aromatic rings. The minimum Gasteiger partial charge on any atom is -0.480 e. The van der Waals surface area contributed by atoms with Gasteiger partial charge in [0.05, 0.1) is 6.10 Å². The van der Waals surface area contributed by atoms with Gasteiger partial charge in [0.25, 0.3) is 0 Å². The Morgan fingerprint density at radius 3 is 2.53 bits per heavy atom. The zero-order valence-electron chi connectivity index (χ0n) is 10.4. The maximum absolute atomic E-state index is 11.1. The molecule has 17 heavy (non-hydrogen) atoms. The van der Waals surface area contributed by atoms with E-state index in [1.807, 2.05) is 0 Å². The summed E-state index contributed by atoms with van der Waals surface area (Å²) < 4.78 is 5.31. The quantitative estimate of drug-likeness (QED) is 0.701. The average molecular weight is 242 g/mol. The van der Waals surface area contributed by atoms with Crippen LogP contribution in [0.2, 0.25) is 0 Å². The van der Waals surface area contributed by atoms with Crippen molar-refractivity contribution in [3.63, 3.8) is 0 Å². The zero-order chi connectivity index (χ0) is 12.3. The first-order valence-electron chi connectivity index (χ1n) is 6.43. The van der Waals surface area contributed by atoms with Crippen LogP contribution in [0.1, 0.15) is 25.7 Å². The van der Waals surface area contributed by atoms with Gasteiger partial charge in [-0.15, -0.1) is 0 Å². The summed E-state index contributed by atoms with van der Waals surface area (Å²) in [4.78, 5) is 13.4. The van der Waals surface area contributed by atoms with E-state index >= 15 is 0 Å². The normalized spacial score (nSPS) is 24.8. The lowest BCUT2D eigenvalue weighted by Gasteiger charge is -2.32. The van der Waals surface area contributed by atoms with Gasteiger partial charge in [-0.05, 0) is 25.7 Å². The molecule has 1 unspecified atom stereocenters. The molecule has 0 radical (unpaired) electrons. The number of piperidine rings is 1. The fourth-order valence-corrected chi connectivity index (χ4v) is 2.32. The maximum atomic E-state index is 11.1. The molecule has 0 aromatic carbocycles. The fourth-order valence-electron chi connectivity index (χ4n) is 2.32. The standard InChI is InChI=1S/C12H22N2O3/c1-17-10-4-6-14(7-5-10)8-11(12(15)16)13-9-2-3-9/h9-11,13H,2-8H2,1H3,(H,15,16). The Balaban J connectivity index is 1.75. The topological polar surface area (TPSA) is 61.8 Å². The van der Waals surface area contributed by atoms with Gasteiger partial charge in [0.15, 0.2) is 0 Å². The Labute approximate surface area is 102 Å². The van der Waals surface area contributed by atoms with E-state index in [0.29, 0.717) is 18.7 Å². The summed E-state index contributed by atoms with van der Waals surface area (Å²) in [5.74, 6) is -0.731. The minimum atomic E-state index is -0.731. The van der Waals surface area contributed by atoms with Gasteiger partial charge in [0, 0.05) is 32.8 Å². The van der Waals surface area contributed by atoms with Crippen molar-refractivity contribution in [3.05, 3.63) is 0 Å². The van der Waals surface area contributed by atoms with Crippen LogP contribution >= 0.6 is 0 Å². The van der Waals surface area contributed by atoms with Crippen molar-refractivity contribution >= 4 is 5.97 Å². The molecular formula is C12H22N2O3. The minimum absolute atomic E-state index is 0.353. The van der Waals surface area contributed by atoms with Crippen molar-refractivity contribution < 1.29 is 14.6 Å². The Hall–Kier alpha value is -0.650. The summed E-state index contributed by atoms with van der Waals surface area (Å²) in [6.45, 7) is 2.49. The highest BCUT2D eigenvalue weighted by molar-refractivity contribution is 5.73. The predicted molar refractivity (Wildman–Crippen MR) is 64.1 cm³/mol.